The molecule has 0 heterocycles. The van der Waals surface area contributed by atoms with Crippen LogP contribution in [0.4, 0.5) is 0 Å². The topological polar surface area (TPSA) is 72.5 Å². The van der Waals surface area contributed by atoms with Gasteiger partial charge in [0, 0.05) is 18.2 Å². The van der Waals surface area contributed by atoms with Crippen LogP contribution in [0.5, 0.6) is 0 Å². The molecule has 0 amide bonds. The molecule has 0 bridgehead atoms. The standard InChI is InChI=1S/C15H23NO3.ClH/c1-11(2)8-9-14(18)15(16,19-3)13-7-5-4-6-12(13)10-17;/h4-7,10-11,14,18H,8-9,16H2,1-3H3;1H/t14-,15-;/m0./s1. The maximum Gasteiger partial charge on any atom is 0.169 e. The van der Waals surface area contributed by atoms with Crippen molar-refractivity contribution in [3.63, 3.8) is 0 Å². The molecule has 0 saturated heterocycles. The van der Waals surface area contributed by atoms with Gasteiger partial charge in [-0.15, -0.1) is 12.4 Å². The van der Waals surface area contributed by atoms with Gasteiger partial charge in [-0.2, -0.15) is 0 Å². The largest absolute Gasteiger partial charge is 0.388 e. The van der Waals surface area contributed by atoms with Gasteiger partial charge in [0.15, 0.2) is 5.72 Å². The van der Waals surface area contributed by atoms with Crippen molar-refractivity contribution in [2.45, 2.75) is 38.5 Å². The van der Waals surface area contributed by atoms with Crippen molar-refractivity contribution in [1.82, 2.24) is 0 Å². The van der Waals surface area contributed by atoms with Crippen LogP contribution in [0.1, 0.15) is 42.6 Å². The van der Waals surface area contributed by atoms with Crippen LogP contribution in [0, 0.1) is 5.92 Å². The van der Waals surface area contributed by atoms with Crippen molar-refractivity contribution < 1.29 is 14.6 Å². The highest BCUT2D eigenvalue weighted by atomic mass is 35.5. The summed E-state index contributed by atoms with van der Waals surface area (Å²) in [4.78, 5) is 11.1. The first-order valence-corrected chi connectivity index (χ1v) is 6.52. The second-order valence-corrected chi connectivity index (χ2v) is 5.19. The summed E-state index contributed by atoms with van der Waals surface area (Å²) in [6.45, 7) is 4.16. The Labute approximate surface area is 126 Å². The van der Waals surface area contributed by atoms with E-state index in [2.05, 4.69) is 13.8 Å². The van der Waals surface area contributed by atoms with Crippen molar-refractivity contribution in [2.24, 2.45) is 11.7 Å². The van der Waals surface area contributed by atoms with Crippen LogP contribution in [-0.4, -0.2) is 24.6 Å². The summed E-state index contributed by atoms with van der Waals surface area (Å²) in [5, 5.41) is 10.3. The molecule has 0 aliphatic carbocycles. The number of nitrogens with two attached hydrogens (primary N) is 1. The molecule has 0 saturated carbocycles. The average molecular weight is 302 g/mol. The van der Waals surface area contributed by atoms with Crippen molar-refractivity contribution in [2.75, 3.05) is 7.11 Å². The van der Waals surface area contributed by atoms with Crippen LogP contribution in [-0.2, 0) is 10.5 Å². The fourth-order valence-electron chi connectivity index (χ4n) is 2.09. The number of hydrogen-bond donors (Lipinski definition) is 2. The number of aliphatic hydroxyl groups is 1. The maximum atomic E-state index is 11.1. The van der Waals surface area contributed by atoms with Crippen LogP contribution >= 0.6 is 12.4 Å². The lowest BCUT2D eigenvalue weighted by Crippen LogP contribution is -2.50. The Kier molecular flexibility index (Phi) is 7.98. The summed E-state index contributed by atoms with van der Waals surface area (Å²) in [5.41, 5.74) is 5.80. The zero-order valence-corrected chi connectivity index (χ0v) is 13.0. The van der Waals surface area contributed by atoms with Crippen LogP contribution in [0.25, 0.3) is 0 Å². The molecule has 0 aromatic heterocycles. The molecule has 1 rings (SSSR count). The quantitative estimate of drug-likeness (QED) is 0.599. The van der Waals surface area contributed by atoms with E-state index in [1.54, 1.807) is 24.3 Å². The third-order valence-corrected chi connectivity index (χ3v) is 3.36. The van der Waals surface area contributed by atoms with Crippen LogP contribution in [0.2, 0.25) is 0 Å². The summed E-state index contributed by atoms with van der Waals surface area (Å²) >= 11 is 0. The van der Waals surface area contributed by atoms with Crippen molar-refractivity contribution in [3.05, 3.63) is 35.4 Å². The molecule has 2 atom stereocenters. The predicted octanol–water partition coefficient (Wildman–Crippen LogP) is 2.48. The highest BCUT2D eigenvalue weighted by Gasteiger charge is 2.37. The first-order chi connectivity index (χ1) is 8.95. The van der Waals surface area contributed by atoms with E-state index >= 15 is 0 Å². The van der Waals surface area contributed by atoms with Gasteiger partial charge in [0.1, 0.15) is 12.4 Å². The number of halogens is 1. The smallest absolute Gasteiger partial charge is 0.169 e. The molecule has 0 spiro atoms. The van der Waals surface area contributed by atoms with Gasteiger partial charge in [-0.25, -0.2) is 0 Å². The molecule has 1 aromatic carbocycles. The van der Waals surface area contributed by atoms with Crippen molar-refractivity contribution in [1.29, 1.82) is 0 Å². The van der Waals surface area contributed by atoms with E-state index in [0.29, 0.717) is 23.5 Å². The molecule has 114 valence electrons. The van der Waals surface area contributed by atoms with Gasteiger partial charge < -0.3 is 9.84 Å². The first kappa shape index (κ1) is 19.1. The molecule has 0 aliphatic heterocycles. The van der Waals surface area contributed by atoms with E-state index in [9.17, 15) is 9.90 Å². The molecule has 20 heavy (non-hydrogen) atoms. The summed E-state index contributed by atoms with van der Waals surface area (Å²) in [5.74, 6) is 0.470. The summed E-state index contributed by atoms with van der Waals surface area (Å²) in [6, 6.07) is 6.91. The van der Waals surface area contributed by atoms with Crippen molar-refractivity contribution >= 4 is 18.7 Å². The number of aldehydes is 1. The fraction of sp³-hybridized carbons (Fsp3) is 0.533. The average Bonchev–Trinajstić information content (AvgIpc) is 2.43. The minimum atomic E-state index is -1.35. The van der Waals surface area contributed by atoms with Gasteiger partial charge in [0.25, 0.3) is 0 Å². The third kappa shape index (κ3) is 4.28. The fourth-order valence-corrected chi connectivity index (χ4v) is 2.09. The molecule has 3 N–H and O–H groups in total. The number of carbonyl (C=O) groups is 1. The second-order valence-electron chi connectivity index (χ2n) is 5.19. The van der Waals surface area contributed by atoms with Crippen LogP contribution < -0.4 is 5.73 Å². The highest BCUT2D eigenvalue weighted by molar-refractivity contribution is 5.85. The van der Waals surface area contributed by atoms with Gasteiger partial charge in [-0.05, 0) is 18.8 Å². The highest BCUT2D eigenvalue weighted by Crippen LogP contribution is 2.28. The Morgan fingerprint density at radius 2 is 1.95 bits per heavy atom. The Hall–Kier alpha value is -0.940. The molecule has 0 radical (unpaired) electrons. The van der Waals surface area contributed by atoms with Crippen LogP contribution in [0.3, 0.4) is 0 Å². The van der Waals surface area contributed by atoms with Gasteiger partial charge in [-0.3, -0.25) is 10.5 Å². The van der Waals surface area contributed by atoms with E-state index in [0.717, 1.165) is 12.7 Å². The number of ether oxygens (including phenoxy) is 1. The molecule has 0 fully saturated rings. The number of methoxy groups -OCH3 is 1. The van der Waals surface area contributed by atoms with Gasteiger partial charge in [0.2, 0.25) is 0 Å². The molecule has 0 unspecified atom stereocenters. The number of rotatable bonds is 7. The van der Waals surface area contributed by atoms with E-state index in [-0.39, 0.29) is 12.4 Å². The monoisotopic (exact) mass is 301 g/mol. The Morgan fingerprint density at radius 1 is 1.35 bits per heavy atom. The van der Waals surface area contributed by atoms with E-state index in [1.807, 2.05) is 0 Å². The molecule has 5 heteroatoms. The number of hydrogen-bond acceptors (Lipinski definition) is 4. The van der Waals surface area contributed by atoms with Crippen molar-refractivity contribution in [3.8, 4) is 0 Å². The number of carbonyl (C=O) groups excluding carboxylic acids is 1. The van der Waals surface area contributed by atoms with Crippen LogP contribution in [0.15, 0.2) is 24.3 Å². The normalized spacial score (nSPS) is 15.3. The molecule has 4 nitrogen and oxygen atoms in total. The zero-order chi connectivity index (χ0) is 14.5. The third-order valence-electron chi connectivity index (χ3n) is 3.36. The Bertz CT molecular complexity index is 425. The number of benzene rings is 1. The first-order valence-electron chi connectivity index (χ1n) is 6.52. The molecular weight excluding hydrogens is 278 g/mol. The van der Waals surface area contributed by atoms with Gasteiger partial charge in [-0.1, -0.05) is 38.1 Å². The van der Waals surface area contributed by atoms with E-state index < -0.39 is 11.8 Å². The predicted molar refractivity (Wildman–Crippen MR) is 82.0 cm³/mol. The Balaban J connectivity index is 0.00000361. The summed E-state index contributed by atoms with van der Waals surface area (Å²) in [7, 11) is 1.44. The summed E-state index contributed by atoms with van der Waals surface area (Å²) in [6.07, 6.45) is 1.23. The summed E-state index contributed by atoms with van der Waals surface area (Å²) < 4.78 is 5.33. The van der Waals surface area contributed by atoms with E-state index in [1.165, 1.54) is 7.11 Å². The molecular formula is C15H24ClNO3. The lowest BCUT2D eigenvalue weighted by atomic mass is 9.89. The maximum absolute atomic E-state index is 11.1. The SMILES string of the molecule is CO[C@@](N)(c1ccccc1C=O)[C@@H](O)CCC(C)C.Cl. The van der Waals surface area contributed by atoms with Gasteiger partial charge in [0.05, 0.1) is 0 Å². The molecule has 1 aromatic rings. The number of aliphatic hydroxyl groups excluding tert-OH is 1. The van der Waals surface area contributed by atoms with E-state index in [4.69, 9.17) is 10.5 Å². The van der Waals surface area contributed by atoms with Gasteiger partial charge >= 0.3 is 0 Å². The minimum Gasteiger partial charge on any atom is -0.388 e. The molecule has 0 aliphatic rings. The zero-order valence-electron chi connectivity index (χ0n) is 12.2. The minimum absolute atomic E-state index is 0. The second kappa shape index (κ2) is 8.37. The Morgan fingerprint density at radius 3 is 2.45 bits per heavy atom. The lowest BCUT2D eigenvalue weighted by Gasteiger charge is -2.34. The lowest BCUT2D eigenvalue weighted by molar-refractivity contribution is -0.109.